The summed E-state index contributed by atoms with van der Waals surface area (Å²) in [7, 11) is 0. The lowest BCUT2D eigenvalue weighted by Gasteiger charge is -2.26. The standard InChI is InChI=1S/C47H41N/c1-4-7-26-43(18-6-3)48(47-28-15-24-39-22-13-14-27-45(39)47)33-16-25-36(17-5-2)41-31-32-44(38-20-9-8-10-21-38)46(35-41)42-30-29-37-19-11-12-23-40(37)34-42/h4-5,7-32,34-35H,1-2,6,33H2,3H3/b25-16-,26-7-,36-17+,43-18+. The molecule has 0 unspecified atom stereocenters. The van der Waals surface area contributed by atoms with E-state index in [4.69, 9.17) is 0 Å². The minimum Gasteiger partial charge on any atom is -0.337 e. The van der Waals surface area contributed by atoms with E-state index in [2.05, 4.69) is 189 Å². The summed E-state index contributed by atoms with van der Waals surface area (Å²) >= 11 is 0. The molecule has 0 fully saturated rings. The van der Waals surface area contributed by atoms with E-state index in [0.717, 1.165) is 23.3 Å². The van der Waals surface area contributed by atoms with E-state index in [-0.39, 0.29) is 0 Å². The van der Waals surface area contributed by atoms with Crippen LogP contribution in [-0.2, 0) is 0 Å². The number of fused-ring (bicyclic) bond motifs is 2. The molecular formula is C47H41N. The van der Waals surface area contributed by atoms with Gasteiger partial charge in [0, 0.05) is 23.3 Å². The predicted molar refractivity (Wildman–Crippen MR) is 211 cm³/mol. The Labute approximate surface area is 285 Å². The van der Waals surface area contributed by atoms with Gasteiger partial charge >= 0.3 is 0 Å². The normalized spacial score (nSPS) is 12.3. The molecule has 1 heteroatoms. The summed E-state index contributed by atoms with van der Waals surface area (Å²) in [4.78, 5) is 2.38. The Balaban J connectivity index is 1.41. The summed E-state index contributed by atoms with van der Waals surface area (Å²) in [6.45, 7) is 10.9. The fourth-order valence-electron chi connectivity index (χ4n) is 6.28. The van der Waals surface area contributed by atoms with E-state index in [1.165, 1.54) is 49.5 Å². The monoisotopic (exact) mass is 619 g/mol. The number of hydrogen-bond donors (Lipinski definition) is 0. The van der Waals surface area contributed by atoms with Gasteiger partial charge in [0.1, 0.15) is 0 Å². The molecule has 0 saturated carbocycles. The summed E-state index contributed by atoms with van der Waals surface area (Å²) in [6.07, 6.45) is 17.6. The van der Waals surface area contributed by atoms with Crippen molar-refractivity contribution in [3.05, 3.63) is 206 Å². The Morgan fingerprint density at radius 1 is 0.625 bits per heavy atom. The van der Waals surface area contributed by atoms with Gasteiger partial charge < -0.3 is 4.90 Å². The molecular weight excluding hydrogens is 579 g/mol. The maximum atomic E-state index is 4.07. The van der Waals surface area contributed by atoms with Crippen LogP contribution in [0, 0.1) is 0 Å². The first-order valence-electron chi connectivity index (χ1n) is 16.6. The lowest BCUT2D eigenvalue weighted by Crippen LogP contribution is -2.22. The quantitative estimate of drug-likeness (QED) is 0.123. The third-order valence-electron chi connectivity index (χ3n) is 8.57. The van der Waals surface area contributed by atoms with Crippen molar-refractivity contribution in [2.24, 2.45) is 0 Å². The molecule has 0 amide bonds. The molecule has 0 bridgehead atoms. The third kappa shape index (κ3) is 7.22. The van der Waals surface area contributed by atoms with Crippen LogP contribution >= 0.6 is 0 Å². The minimum atomic E-state index is 0.690. The molecule has 0 atom stereocenters. The molecule has 0 aliphatic heterocycles. The van der Waals surface area contributed by atoms with Crippen LogP contribution in [0.3, 0.4) is 0 Å². The Morgan fingerprint density at radius 2 is 1.38 bits per heavy atom. The van der Waals surface area contributed by atoms with Gasteiger partial charge in [-0.05, 0) is 80.2 Å². The summed E-state index contributed by atoms with van der Waals surface area (Å²) in [6, 6.07) is 47.9. The van der Waals surface area contributed by atoms with Gasteiger partial charge in [0.25, 0.3) is 0 Å². The number of anilines is 1. The molecule has 0 heterocycles. The SMILES string of the molecule is C=C/C=C\C(=C/CC)N(C/C=C\C(=C/C=C)c1ccc(-c2ccccc2)c(-c2ccc3ccccc3c2)c1)c1cccc2ccccc12. The number of benzene rings is 6. The number of nitrogens with zero attached hydrogens (tertiary/aromatic N) is 1. The number of hydrogen-bond acceptors (Lipinski definition) is 1. The lowest BCUT2D eigenvalue weighted by atomic mass is 9.90. The number of allylic oxidation sites excluding steroid dienone is 8. The molecule has 6 aromatic rings. The first kappa shape index (κ1) is 32.0. The zero-order valence-electron chi connectivity index (χ0n) is 27.6. The first-order valence-corrected chi connectivity index (χ1v) is 16.6. The van der Waals surface area contributed by atoms with Crippen LogP contribution in [0.25, 0.3) is 49.4 Å². The third-order valence-corrected chi connectivity index (χ3v) is 8.57. The molecule has 48 heavy (non-hydrogen) atoms. The summed E-state index contributed by atoms with van der Waals surface area (Å²) < 4.78 is 0. The van der Waals surface area contributed by atoms with Crippen molar-refractivity contribution in [3.63, 3.8) is 0 Å². The van der Waals surface area contributed by atoms with E-state index in [9.17, 15) is 0 Å². The second-order valence-corrected chi connectivity index (χ2v) is 11.7. The largest absolute Gasteiger partial charge is 0.337 e. The van der Waals surface area contributed by atoms with Crippen LogP contribution in [0.5, 0.6) is 0 Å². The highest BCUT2D eigenvalue weighted by Gasteiger charge is 2.14. The van der Waals surface area contributed by atoms with Crippen LogP contribution in [0.2, 0.25) is 0 Å². The van der Waals surface area contributed by atoms with Crippen molar-refractivity contribution in [2.75, 3.05) is 11.4 Å². The Kier molecular flexibility index (Phi) is 10.4. The molecule has 6 rings (SSSR count). The van der Waals surface area contributed by atoms with Crippen molar-refractivity contribution in [2.45, 2.75) is 13.3 Å². The van der Waals surface area contributed by atoms with Crippen molar-refractivity contribution < 1.29 is 0 Å². The van der Waals surface area contributed by atoms with Gasteiger partial charge in [-0.1, -0.05) is 178 Å². The van der Waals surface area contributed by atoms with E-state index >= 15 is 0 Å². The van der Waals surface area contributed by atoms with E-state index < -0.39 is 0 Å². The highest BCUT2D eigenvalue weighted by Crippen LogP contribution is 2.36. The maximum Gasteiger partial charge on any atom is 0.0493 e. The summed E-state index contributed by atoms with van der Waals surface area (Å²) in [5.41, 5.74) is 9.36. The lowest BCUT2D eigenvalue weighted by molar-refractivity contribution is 1.03. The molecule has 0 saturated heterocycles. The van der Waals surface area contributed by atoms with Crippen LogP contribution in [0.1, 0.15) is 18.9 Å². The maximum absolute atomic E-state index is 4.07. The molecule has 0 N–H and O–H groups in total. The smallest absolute Gasteiger partial charge is 0.0493 e. The highest BCUT2D eigenvalue weighted by atomic mass is 15.1. The Bertz CT molecular complexity index is 2170. The molecule has 0 aromatic heterocycles. The second kappa shape index (κ2) is 15.6. The minimum absolute atomic E-state index is 0.690. The van der Waals surface area contributed by atoms with Gasteiger partial charge in [-0.3, -0.25) is 0 Å². The first-order chi connectivity index (χ1) is 23.7. The average molecular weight is 620 g/mol. The van der Waals surface area contributed by atoms with Gasteiger partial charge in [-0.2, -0.15) is 0 Å². The van der Waals surface area contributed by atoms with Crippen LogP contribution < -0.4 is 4.90 Å². The topological polar surface area (TPSA) is 3.24 Å². The molecule has 0 aliphatic carbocycles. The van der Waals surface area contributed by atoms with E-state index in [0.29, 0.717) is 6.54 Å². The van der Waals surface area contributed by atoms with Crippen LogP contribution in [0.15, 0.2) is 201 Å². The predicted octanol–water partition coefficient (Wildman–Crippen LogP) is 13.0. The molecule has 1 nitrogen and oxygen atoms in total. The molecule has 0 radical (unpaired) electrons. The highest BCUT2D eigenvalue weighted by molar-refractivity contribution is 5.96. The Hall–Kier alpha value is -5.92. The molecule has 0 spiro atoms. The van der Waals surface area contributed by atoms with E-state index in [1.807, 2.05) is 18.2 Å². The Morgan fingerprint density at radius 3 is 2.17 bits per heavy atom. The van der Waals surface area contributed by atoms with Crippen LogP contribution in [0.4, 0.5) is 5.69 Å². The zero-order valence-corrected chi connectivity index (χ0v) is 27.6. The van der Waals surface area contributed by atoms with Crippen molar-refractivity contribution >= 4 is 32.8 Å². The number of rotatable bonds is 12. The molecule has 6 aromatic carbocycles. The second-order valence-electron chi connectivity index (χ2n) is 11.7. The van der Waals surface area contributed by atoms with Gasteiger partial charge in [-0.25, -0.2) is 0 Å². The van der Waals surface area contributed by atoms with Crippen molar-refractivity contribution in [1.82, 2.24) is 0 Å². The fraction of sp³-hybridized carbons (Fsp3) is 0.0638. The average Bonchev–Trinajstić information content (AvgIpc) is 3.14. The van der Waals surface area contributed by atoms with Gasteiger partial charge in [-0.15, -0.1) is 0 Å². The zero-order chi connectivity index (χ0) is 33.1. The fourth-order valence-corrected chi connectivity index (χ4v) is 6.28. The molecule has 234 valence electrons. The molecule has 0 aliphatic rings. The van der Waals surface area contributed by atoms with E-state index in [1.54, 1.807) is 0 Å². The van der Waals surface area contributed by atoms with Crippen LogP contribution in [-0.4, -0.2) is 6.54 Å². The summed E-state index contributed by atoms with van der Waals surface area (Å²) in [5.74, 6) is 0. The van der Waals surface area contributed by atoms with Crippen molar-refractivity contribution in [3.8, 4) is 22.3 Å². The summed E-state index contributed by atoms with van der Waals surface area (Å²) in [5, 5.41) is 4.92. The van der Waals surface area contributed by atoms with Gasteiger partial charge in [0.05, 0.1) is 0 Å². The van der Waals surface area contributed by atoms with Gasteiger partial charge in [0.2, 0.25) is 0 Å². The van der Waals surface area contributed by atoms with Gasteiger partial charge in [0.15, 0.2) is 0 Å². The van der Waals surface area contributed by atoms with Crippen molar-refractivity contribution in [1.29, 1.82) is 0 Å².